The number of fused-ring (bicyclic) bond motifs is 3. The highest BCUT2D eigenvalue weighted by molar-refractivity contribution is 7.17. The molecule has 3 aromatic rings. The van der Waals surface area contributed by atoms with E-state index in [0.717, 1.165) is 24.1 Å². The van der Waals surface area contributed by atoms with Gasteiger partial charge in [-0.1, -0.05) is 6.07 Å². The number of carboxylic acid groups (broad SMARTS) is 1. The van der Waals surface area contributed by atoms with Crippen molar-refractivity contribution in [3.05, 3.63) is 41.8 Å². The molecule has 1 N–H and O–H groups in total. The molecule has 0 spiro atoms. The summed E-state index contributed by atoms with van der Waals surface area (Å²) in [4.78, 5) is 11.4. The lowest BCUT2D eigenvalue weighted by molar-refractivity contribution is -0.192. The number of carboxylic acids is 1. The minimum Gasteiger partial charge on any atom is -0.475 e. The molecule has 0 aliphatic carbocycles. The molecule has 32 heavy (non-hydrogen) atoms. The van der Waals surface area contributed by atoms with Crippen molar-refractivity contribution in [2.75, 3.05) is 7.05 Å². The predicted octanol–water partition coefficient (Wildman–Crippen LogP) is 5.00. The topological polar surface area (TPSA) is 75.5 Å². The van der Waals surface area contributed by atoms with Crippen LogP contribution in [0.5, 0.6) is 5.88 Å². The van der Waals surface area contributed by atoms with E-state index < -0.39 is 12.1 Å². The van der Waals surface area contributed by atoms with Crippen molar-refractivity contribution in [1.29, 1.82) is 0 Å². The van der Waals surface area contributed by atoms with Gasteiger partial charge in [-0.3, -0.25) is 0 Å². The van der Waals surface area contributed by atoms with Gasteiger partial charge in [-0.2, -0.15) is 13.2 Å². The summed E-state index contributed by atoms with van der Waals surface area (Å²) in [5.41, 5.74) is 1.99. The molecule has 170 valence electrons. The quantitative estimate of drug-likeness (QED) is 0.587. The molecule has 3 atom stereocenters. The van der Waals surface area contributed by atoms with E-state index in [2.05, 4.69) is 51.8 Å². The third-order valence-electron chi connectivity index (χ3n) is 5.97. The molecule has 5 rings (SSSR count). The number of thiophene rings is 1. The largest absolute Gasteiger partial charge is 0.490 e. The molecule has 2 saturated heterocycles. The van der Waals surface area contributed by atoms with Crippen LogP contribution in [0.4, 0.5) is 13.2 Å². The van der Waals surface area contributed by atoms with Crippen molar-refractivity contribution in [2.45, 2.75) is 50.0 Å². The average Bonchev–Trinajstić information content (AvgIpc) is 3.28. The molecule has 4 heterocycles. The molecule has 2 aliphatic heterocycles. The van der Waals surface area contributed by atoms with Crippen molar-refractivity contribution >= 4 is 27.4 Å². The van der Waals surface area contributed by atoms with E-state index in [1.807, 2.05) is 12.1 Å². The van der Waals surface area contributed by atoms with Gasteiger partial charge in [0.25, 0.3) is 0 Å². The van der Waals surface area contributed by atoms with Crippen molar-refractivity contribution < 1.29 is 27.8 Å². The molecule has 2 fully saturated rings. The SMILES string of the molecule is CN1[C@@H]2CC[C@H]1C[C@@H](Oc1ccc(-c3ccc4sccc4c3)nn1)C2.O=C(O)C(F)(F)F. The minimum atomic E-state index is -5.08. The zero-order valence-corrected chi connectivity index (χ0v) is 18.1. The van der Waals surface area contributed by atoms with Crippen LogP contribution in [0.15, 0.2) is 41.8 Å². The number of rotatable bonds is 3. The Kier molecular flexibility index (Phi) is 6.34. The summed E-state index contributed by atoms with van der Waals surface area (Å²) in [6, 6.07) is 13.9. The number of carbonyl (C=O) groups is 1. The van der Waals surface area contributed by atoms with E-state index in [1.165, 1.54) is 22.9 Å². The van der Waals surface area contributed by atoms with Crippen LogP contribution in [0.1, 0.15) is 25.7 Å². The first-order valence-corrected chi connectivity index (χ1v) is 11.1. The highest BCUT2D eigenvalue weighted by Crippen LogP contribution is 2.35. The Bertz CT molecular complexity index is 1070. The van der Waals surface area contributed by atoms with Crippen LogP contribution in [-0.2, 0) is 4.79 Å². The van der Waals surface area contributed by atoms with Crippen LogP contribution in [0.3, 0.4) is 0 Å². The van der Waals surface area contributed by atoms with Gasteiger partial charge in [-0.15, -0.1) is 21.5 Å². The first kappa shape index (κ1) is 22.5. The Labute approximate surface area is 186 Å². The fourth-order valence-electron chi connectivity index (χ4n) is 4.29. The highest BCUT2D eigenvalue weighted by Gasteiger charge is 2.39. The first-order valence-electron chi connectivity index (χ1n) is 10.2. The first-order chi connectivity index (χ1) is 15.2. The number of piperidine rings is 1. The van der Waals surface area contributed by atoms with Crippen LogP contribution in [0, 0.1) is 0 Å². The zero-order valence-electron chi connectivity index (χ0n) is 17.2. The van der Waals surface area contributed by atoms with Gasteiger partial charge >= 0.3 is 12.1 Å². The number of benzene rings is 1. The van der Waals surface area contributed by atoms with Crippen molar-refractivity contribution in [3.63, 3.8) is 0 Å². The van der Waals surface area contributed by atoms with E-state index in [9.17, 15) is 13.2 Å². The number of nitrogens with zero attached hydrogens (tertiary/aromatic N) is 3. The van der Waals surface area contributed by atoms with Crippen LogP contribution in [0.2, 0.25) is 0 Å². The zero-order chi connectivity index (χ0) is 22.9. The predicted molar refractivity (Wildman–Crippen MR) is 115 cm³/mol. The maximum Gasteiger partial charge on any atom is 0.490 e. The number of aliphatic carboxylic acids is 1. The second-order valence-corrected chi connectivity index (χ2v) is 8.94. The molecule has 10 heteroatoms. The Morgan fingerprint density at radius 1 is 1.12 bits per heavy atom. The van der Waals surface area contributed by atoms with Crippen LogP contribution in [-0.4, -0.2) is 57.6 Å². The Balaban J connectivity index is 0.000000307. The Morgan fingerprint density at radius 2 is 1.81 bits per heavy atom. The second-order valence-electron chi connectivity index (χ2n) is 7.99. The molecular weight excluding hydrogens is 443 g/mol. The molecule has 6 nitrogen and oxygen atoms in total. The molecule has 1 aromatic carbocycles. The van der Waals surface area contributed by atoms with Gasteiger partial charge in [-0.05, 0) is 67.8 Å². The van der Waals surface area contributed by atoms with Crippen LogP contribution < -0.4 is 4.74 Å². The summed E-state index contributed by atoms with van der Waals surface area (Å²) in [5.74, 6) is -2.11. The van der Waals surface area contributed by atoms with Gasteiger partial charge in [0, 0.05) is 28.4 Å². The van der Waals surface area contributed by atoms with Gasteiger partial charge in [0.15, 0.2) is 0 Å². The number of aromatic nitrogens is 2. The number of halogens is 3. The molecule has 0 amide bonds. The number of hydrogen-bond donors (Lipinski definition) is 1. The van der Waals surface area contributed by atoms with Gasteiger partial charge in [-0.25, -0.2) is 4.79 Å². The number of hydrogen-bond acceptors (Lipinski definition) is 6. The van der Waals surface area contributed by atoms with Gasteiger partial charge in [0.1, 0.15) is 6.10 Å². The van der Waals surface area contributed by atoms with E-state index in [0.29, 0.717) is 18.0 Å². The summed E-state index contributed by atoms with van der Waals surface area (Å²) >= 11 is 1.76. The second kappa shape index (κ2) is 9.03. The smallest absolute Gasteiger partial charge is 0.475 e. The van der Waals surface area contributed by atoms with Crippen LogP contribution in [0.25, 0.3) is 21.3 Å². The van der Waals surface area contributed by atoms with E-state index >= 15 is 0 Å². The lowest BCUT2D eigenvalue weighted by atomic mass is 10.0. The van der Waals surface area contributed by atoms with Gasteiger partial charge in [0.2, 0.25) is 5.88 Å². The molecular formula is C22H22F3N3O3S. The summed E-state index contributed by atoms with van der Waals surface area (Å²) in [5, 5.41) is 19.2. The summed E-state index contributed by atoms with van der Waals surface area (Å²) < 4.78 is 39.2. The van der Waals surface area contributed by atoms with Crippen LogP contribution >= 0.6 is 11.3 Å². The van der Waals surface area contributed by atoms with Crippen molar-refractivity contribution in [2.24, 2.45) is 0 Å². The molecule has 2 aromatic heterocycles. The van der Waals surface area contributed by atoms with Gasteiger partial charge < -0.3 is 14.7 Å². The minimum absolute atomic E-state index is 0.274. The van der Waals surface area contributed by atoms with Gasteiger partial charge in [0.05, 0.1) is 5.69 Å². The maximum absolute atomic E-state index is 10.6. The molecule has 2 bridgehead atoms. The maximum atomic E-state index is 10.6. The Hall–Kier alpha value is -2.72. The summed E-state index contributed by atoms with van der Waals surface area (Å²) in [6.45, 7) is 0. The Morgan fingerprint density at radius 3 is 2.41 bits per heavy atom. The summed E-state index contributed by atoms with van der Waals surface area (Å²) in [6.07, 6.45) is 0.000189. The number of ether oxygens (including phenoxy) is 1. The standard InChI is InChI=1S/C20H21N3OS.C2HF3O2/c1-23-15-3-4-16(23)12-17(11-15)24-20-7-5-18(21-22-20)13-2-6-19-14(10-13)8-9-25-19;3-2(4,5)1(6)7/h2,5-10,15-17H,3-4,11-12H2,1H3;(H,6,7)/t15-,16+,17+;. The third kappa shape index (κ3) is 5.02. The normalized spacial score (nSPS) is 22.9. The molecule has 0 radical (unpaired) electrons. The third-order valence-corrected chi connectivity index (χ3v) is 6.87. The van der Waals surface area contributed by atoms with Crippen molar-refractivity contribution in [1.82, 2.24) is 15.1 Å². The monoisotopic (exact) mass is 465 g/mol. The van der Waals surface area contributed by atoms with Crippen molar-refractivity contribution in [3.8, 4) is 17.1 Å². The lowest BCUT2D eigenvalue weighted by Crippen LogP contribution is -2.43. The number of alkyl halides is 3. The fourth-order valence-corrected chi connectivity index (χ4v) is 5.06. The fraction of sp³-hybridized carbons (Fsp3) is 0.409. The lowest BCUT2D eigenvalue weighted by Gasteiger charge is -2.35. The van der Waals surface area contributed by atoms with E-state index in [-0.39, 0.29) is 6.10 Å². The summed E-state index contributed by atoms with van der Waals surface area (Å²) in [7, 11) is 2.25. The molecule has 0 unspecified atom stereocenters. The molecule has 0 saturated carbocycles. The van der Waals surface area contributed by atoms with E-state index in [1.54, 1.807) is 11.3 Å². The highest BCUT2D eigenvalue weighted by atomic mass is 32.1. The molecule has 2 aliphatic rings. The van der Waals surface area contributed by atoms with E-state index in [4.69, 9.17) is 14.6 Å². The average molecular weight is 465 g/mol.